The van der Waals surface area contributed by atoms with E-state index in [0.29, 0.717) is 4.32 Å². The van der Waals surface area contributed by atoms with E-state index in [-0.39, 0.29) is 35.6 Å². The molecule has 0 aromatic heterocycles. The van der Waals surface area contributed by atoms with E-state index < -0.39 is 6.09 Å². The van der Waals surface area contributed by atoms with E-state index in [1.54, 1.807) is 0 Å². The summed E-state index contributed by atoms with van der Waals surface area (Å²) in [4.78, 5) is 12.2. The predicted octanol–water partition coefficient (Wildman–Crippen LogP) is -2.45. The quantitative estimate of drug-likeness (QED) is 0.304. The molecule has 0 saturated carbocycles. The zero-order valence-corrected chi connectivity index (χ0v) is 11.7. The van der Waals surface area contributed by atoms with Crippen LogP contribution in [0.25, 0.3) is 0 Å². The van der Waals surface area contributed by atoms with Gasteiger partial charge >= 0.3 is 35.7 Å². The Morgan fingerprint density at radius 2 is 2.00 bits per heavy atom. The zero-order chi connectivity index (χ0) is 9.84. The van der Waals surface area contributed by atoms with Crippen molar-refractivity contribution in [3.63, 3.8) is 0 Å². The summed E-state index contributed by atoms with van der Waals surface area (Å²) in [6, 6.07) is 0.0538. The van der Waals surface area contributed by atoms with Gasteiger partial charge in [-0.05, 0) is 12.8 Å². The van der Waals surface area contributed by atoms with Crippen molar-refractivity contribution < 1.29 is 39.5 Å². The van der Waals surface area contributed by atoms with Gasteiger partial charge in [0.2, 0.25) is 0 Å². The van der Waals surface area contributed by atoms with Gasteiger partial charge in [-0.2, -0.15) is 0 Å². The van der Waals surface area contributed by atoms with Crippen molar-refractivity contribution in [1.82, 2.24) is 10.2 Å². The third-order valence-corrected chi connectivity index (χ3v) is 2.60. The number of rotatable bonds is 1. The van der Waals surface area contributed by atoms with Gasteiger partial charge in [-0.3, -0.25) is 0 Å². The third kappa shape index (κ3) is 4.75. The van der Waals surface area contributed by atoms with Gasteiger partial charge in [-0.1, -0.05) is 4.32 Å². The first kappa shape index (κ1) is 14.4. The summed E-state index contributed by atoms with van der Waals surface area (Å²) in [6.45, 7) is 1.51. The number of amides is 1. The topological polar surface area (TPSA) is 52.6 Å². The number of carbonyl (C=O) groups is 1. The van der Waals surface area contributed by atoms with Crippen LogP contribution in [0, 0.1) is 0 Å². The van der Waals surface area contributed by atoms with E-state index in [2.05, 4.69) is 5.32 Å². The molecule has 74 valence electrons. The predicted molar refractivity (Wildman–Crippen MR) is 55.7 cm³/mol. The van der Waals surface area contributed by atoms with Gasteiger partial charge in [0.25, 0.3) is 0 Å². The molecule has 0 bridgehead atoms. The molecule has 0 atom stereocenters. The van der Waals surface area contributed by atoms with E-state index in [9.17, 15) is 4.79 Å². The molecule has 1 amide bonds. The van der Waals surface area contributed by atoms with Crippen LogP contribution >= 0.6 is 12.2 Å². The van der Waals surface area contributed by atoms with Crippen LogP contribution in [0.3, 0.4) is 0 Å². The van der Waals surface area contributed by atoms with Crippen LogP contribution in [0.4, 0.5) is 4.79 Å². The second kappa shape index (κ2) is 6.79. The van der Waals surface area contributed by atoms with Crippen LogP contribution in [-0.2, 0) is 12.6 Å². The average Bonchev–Trinajstić information content (AvgIpc) is 2.04. The van der Waals surface area contributed by atoms with Crippen LogP contribution in [0.15, 0.2) is 0 Å². The molecule has 7 heteroatoms. The number of piperidine rings is 1. The van der Waals surface area contributed by atoms with Gasteiger partial charge in [0, 0.05) is 19.1 Å². The fourth-order valence-electron chi connectivity index (χ4n) is 1.38. The number of thiocarbonyl (C=S) groups is 1. The molecule has 0 aromatic rings. The minimum Gasteiger partial charge on any atom is -0.465 e. The van der Waals surface area contributed by atoms with Crippen LogP contribution in [0.5, 0.6) is 0 Å². The van der Waals surface area contributed by atoms with E-state index in [0.717, 1.165) is 25.9 Å². The monoisotopic (exact) mass is 242 g/mol. The number of nitrogens with zero attached hydrogens (tertiary/aromatic N) is 1. The summed E-state index contributed by atoms with van der Waals surface area (Å²) in [5, 5.41) is 10.9. The molecule has 0 unspecified atom stereocenters. The summed E-state index contributed by atoms with van der Waals surface area (Å²) in [5.74, 6) is 0. The average molecular weight is 242 g/mol. The summed E-state index contributed by atoms with van der Waals surface area (Å²) < 4.78 is 0.480. The standard InChI is InChI=1S/C7H12N2O2S2.Na/c10-6(11)8-5-1-3-9(4-2-5)7(12)13;/h5,8H,1-4H2,(H,10,11)(H,12,13);/q;+1/p-1. The van der Waals surface area contributed by atoms with Gasteiger partial charge in [-0.25, -0.2) is 4.79 Å². The summed E-state index contributed by atoms with van der Waals surface area (Å²) in [6.07, 6.45) is 0.603. The molecule has 14 heavy (non-hydrogen) atoms. The summed E-state index contributed by atoms with van der Waals surface area (Å²) in [5.41, 5.74) is 0. The van der Waals surface area contributed by atoms with Crippen LogP contribution in [-0.4, -0.2) is 39.6 Å². The number of carboxylic acid groups (broad SMARTS) is 1. The van der Waals surface area contributed by atoms with Crippen molar-refractivity contribution in [3.8, 4) is 0 Å². The molecule has 0 radical (unpaired) electrons. The van der Waals surface area contributed by atoms with Gasteiger partial charge < -0.3 is 40.2 Å². The first-order chi connectivity index (χ1) is 6.09. The Balaban J connectivity index is 0.00000169. The van der Waals surface area contributed by atoms with Crippen molar-refractivity contribution in [2.45, 2.75) is 18.9 Å². The first-order valence-electron chi connectivity index (χ1n) is 4.05. The molecule has 1 saturated heterocycles. The summed E-state index contributed by atoms with van der Waals surface area (Å²) in [7, 11) is 0. The number of hydrogen-bond donors (Lipinski definition) is 2. The minimum absolute atomic E-state index is 0. The van der Waals surface area contributed by atoms with Gasteiger partial charge in [-0.15, -0.1) is 0 Å². The van der Waals surface area contributed by atoms with Crippen LogP contribution in [0.2, 0.25) is 0 Å². The number of hydrogen-bond acceptors (Lipinski definition) is 3. The molecule has 4 nitrogen and oxygen atoms in total. The molecular weight excluding hydrogens is 231 g/mol. The number of nitrogens with one attached hydrogen (secondary N) is 1. The molecule has 1 rings (SSSR count). The van der Waals surface area contributed by atoms with E-state index >= 15 is 0 Å². The van der Waals surface area contributed by atoms with E-state index in [1.807, 2.05) is 4.90 Å². The van der Waals surface area contributed by atoms with Crippen molar-refractivity contribution in [2.75, 3.05) is 13.1 Å². The fourth-order valence-corrected chi connectivity index (χ4v) is 1.75. The van der Waals surface area contributed by atoms with Crippen LogP contribution < -0.4 is 34.9 Å². The Hall–Kier alpha value is 0.380. The first-order valence-corrected chi connectivity index (χ1v) is 4.86. The largest absolute Gasteiger partial charge is 1.00 e. The van der Waals surface area contributed by atoms with Crippen LogP contribution in [0.1, 0.15) is 12.8 Å². The molecule has 1 heterocycles. The second-order valence-corrected chi connectivity index (χ2v) is 4.01. The molecule has 1 fully saturated rings. The maximum absolute atomic E-state index is 10.3. The molecule has 2 N–H and O–H groups in total. The maximum atomic E-state index is 10.3. The second-order valence-electron chi connectivity index (χ2n) is 2.98. The number of likely N-dealkylation sites (tertiary alicyclic amines) is 1. The van der Waals surface area contributed by atoms with Gasteiger partial charge in [0.1, 0.15) is 0 Å². The molecule has 0 spiro atoms. The van der Waals surface area contributed by atoms with E-state index in [1.165, 1.54) is 0 Å². The third-order valence-electron chi connectivity index (χ3n) is 2.08. The fraction of sp³-hybridized carbons (Fsp3) is 0.714. The van der Waals surface area contributed by atoms with Crippen molar-refractivity contribution in [2.24, 2.45) is 0 Å². The molecule has 1 aliphatic rings. The Kier molecular flexibility index (Phi) is 6.97. The Bertz CT molecular complexity index is 220. The van der Waals surface area contributed by atoms with Crippen molar-refractivity contribution >= 4 is 35.3 Å². The SMILES string of the molecule is O=C(O)NC1CCN(C(=S)[S-])CC1.[Na+]. The molecule has 0 aromatic carbocycles. The Morgan fingerprint density at radius 3 is 2.36 bits per heavy atom. The molecule has 1 aliphatic heterocycles. The Labute approximate surface area is 116 Å². The normalized spacial score (nSPS) is 17.0. The van der Waals surface area contributed by atoms with E-state index in [4.69, 9.17) is 30.0 Å². The zero-order valence-electron chi connectivity index (χ0n) is 8.02. The van der Waals surface area contributed by atoms with Crippen molar-refractivity contribution in [3.05, 3.63) is 0 Å². The minimum atomic E-state index is -0.959. The Morgan fingerprint density at radius 1 is 1.50 bits per heavy atom. The molecule has 0 aliphatic carbocycles. The van der Waals surface area contributed by atoms with Gasteiger partial charge in [0.15, 0.2) is 0 Å². The summed E-state index contributed by atoms with van der Waals surface area (Å²) >= 11 is 9.69. The van der Waals surface area contributed by atoms with Gasteiger partial charge in [0.05, 0.1) is 0 Å². The van der Waals surface area contributed by atoms with Crippen molar-refractivity contribution in [1.29, 1.82) is 0 Å². The maximum Gasteiger partial charge on any atom is 1.00 e. The smallest absolute Gasteiger partial charge is 0.465 e. The molecular formula is C7H11N2NaO2S2.